The van der Waals surface area contributed by atoms with Gasteiger partial charge in [0.1, 0.15) is 12.4 Å². The number of anilines is 1. The number of likely N-dealkylation sites (tertiary alicyclic amines) is 1. The fourth-order valence-electron chi connectivity index (χ4n) is 4.88. The summed E-state index contributed by atoms with van der Waals surface area (Å²) in [5.41, 5.74) is 2.15. The largest absolute Gasteiger partial charge is 0.474 e. The number of fused-ring (bicyclic) bond motifs is 1. The van der Waals surface area contributed by atoms with Crippen LogP contribution in [0.25, 0.3) is 10.9 Å². The number of aromatic nitrogens is 2. The molecule has 1 amide bonds. The molecule has 2 aromatic rings. The summed E-state index contributed by atoms with van der Waals surface area (Å²) in [6.07, 6.45) is 7.66. The normalized spacial score (nSPS) is 23.0. The fourth-order valence-corrected chi connectivity index (χ4v) is 4.88. The minimum atomic E-state index is 0.217. The molecule has 0 spiro atoms. The van der Waals surface area contributed by atoms with E-state index in [9.17, 15) is 4.79 Å². The maximum atomic E-state index is 11.8. The van der Waals surface area contributed by atoms with Crippen LogP contribution < -0.4 is 9.64 Å². The zero-order valence-corrected chi connectivity index (χ0v) is 17.8. The maximum absolute atomic E-state index is 11.8. The van der Waals surface area contributed by atoms with Crippen molar-refractivity contribution in [2.45, 2.75) is 51.2 Å². The van der Waals surface area contributed by atoms with Crippen molar-refractivity contribution >= 4 is 22.5 Å². The zero-order chi connectivity index (χ0) is 20.5. The van der Waals surface area contributed by atoms with E-state index in [4.69, 9.17) is 4.74 Å². The summed E-state index contributed by atoms with van der Waals surface area (Å²) in [6.45, 7) is 7.65. The summed E-state index contributed by atoms with van der Waals surface area (Å²) < 4.78 is 6.12. The van der Waals surface area contributed by atoms with Crippen molar-refractivity contribution < 1.29 is 9.53 Å². The molecule has 7 heteroatoms. The van der Waals surface area contributed by atoms with Gasteiger partial charge in [-0.05, 0) is 50.3 Å². The lowest BCUT2D eigenvalue weighted by Gasteiger charge is -2.38. The van der Waals surface area contributed by atoms with Crippen LogP contribution in [0, 0.1) is 0 Å². The van der Waals surface area contributed by atoms with Crippen molar-refractivity contribution in [3.05, 3.63) is 24.5 Å². The molecule has 2 aliphatic heterocycles. The monoisotopic (exact) mass is 409 g/mol. The predicted octanol–water partition coefficient (Wildman–Crippen LogP) is 2.69. The first-order chi connectivity index (χ1) is 14.7. The van der Waals surface area contributed by atoms with E-state index in [2.05, 4.69) is 42.9 Å². The van der Waals surface area contributed by atoms with Crippen LogP contribution in [0.3, 0.4) is 0 Å². The smallest absolute Gasteiger partial charge is 0.224 e. The summed E-state index contributed by atoms with van der Waals surface area (Å²) in [7, 11) is 0. The maximum Gasteiger partial charge on any atom is 0.224 e. The van der Waals surface area contributed by atoms with Gasteiger partial charge >= 0.3 is 0 Å². The van der Waals surface area contributed by atoms with E-state index in [1.54, 1.807) is 13.3 Å². The third kappa shape index (κ3) is 3.95. The van der Waals surface area contributed by atoms with Crippen molar-refractivity contribution in [1.82, 2.24) is 19.8 Å². The highest BCUT2D eigenvalue weighted by Gasteiger charge is 2.29. The molecule has 1 aliphatic carbocycles. The summed E-state index contributed by atoms with van der Waals surface area (Å²) in [4.78, 5) is 27.7. The van der Waals surface area contributed by atoms with Gasteiger partial charge in [0.25, 0.3) is 0 Å². The van der Waals surface area contributed by atoms with Crippen molar-refractivity contribution in [3.63, 3.8) is 0 Å². The molecule has 1 unspecified atom stereocenters. The van der Waals surface area contributed by atoms with Gasteiger partial charge in [-0.1, -0.05) is 0 Å². The Morgan fingerprint density at radius 3 is 2.63 bits per heavy atom. The van der Waals surface area contributed by atoms with Crippen molar-refractivity contribution in [2.75, 3.05) is 44.2 Å². The minimum absolute atomic E-state index is 0.217. The number of ether oxygens (including phenoxy) is 1. The van der Waals surface area contributed by atoms with Gasteiger partial charge in [0.15, 0.2) is 0 Å². The first kappa shape index (κ1) is 19.5. The first-order valence-electron chi connectivity index (χ1n) is 11.3. The quantitative estimate of drug-likeness (QED) is 0.757. The molecule has 1 atom stereocenters. The average Bonchev–Trinajstić information content (AvgIpc) is 3.19. The number of carbonyl (C=O) groups excluding carboxylic acids is 1. The zero-order valence-electron chi connectivity index (χ0n) is 17.8. The van der Waals surface area contributed by atoms with Crippen molar-refractivity contribution in [2.24, 2.45) is 0 Å². The Labute approximate surface area is 178 Å². The van der Waals surface area contributed by atoms with Gasteiger partial charge < -0.3 is 14.5 Å². The predicted molar refractivity (Wildman–Crippen MR) is 117 cm³/mol. The summed E-state index contributed by atoms with van der Waals surface area (Å²) in [5.74, 6) is 0.935. The van der Waals surface area contributed by atoms with Gasteiger partial charge in [-0.2, -0.15) is 0 Å². The van der Waals surface area contributed by atoms with Crippen molar-refractivity contribution in [1.29, 1.82) is 0 Å². The van der Waals surface area contributed by atoms with Gasteiger partial charge in [0.05, 0.1) is 10.9 Å². The van der Waals surface area contributed by atoms with Crippen LogP contribution in [-0.4, -0.2) is 77.1 Å². The number of benzene rings is 1. The number of hydrogen-bond donors (Lipinski definition) is 0. The summed E-state index contributed by atoms with van der Waals surface area (Å²) in [5, 5.41) is 1.01. The fraction of sp³-hybridized carbons (Fsp3) is 0.609. The average molecular weight is 410 g/mol. The molecule has 0 radical (unpaired) electrons. The van der Waals surface area contributed by atoms with Crippen LogP contribution in [0.15, 0.2) is 24.5 Å². The highest BCUT2D eigenvalue weighted by atomic mass is 16.5. The Kier molecular flexibility index (Phi) is 5.46. The second-order valence-electron chi connectivity index (χ2n) is 8.85. The molecule has 3 aliphatic rings. The molecule has 0 N–H and O–H groups in total. The number of amides is 1. The molecule has 3 heterocycles. The lowest BCUT2D eigenvalue weighted by atomic mass is 9.96. The van der Waals surface area contributed by atoms with Crippen LogP contribution in [0.1, 0.15) is 39.0 Å². The summed E-state index contributed by atoms with van der Waals surface area (Å²) in [6, 6.07) is 6.81. The summed E-state index contributed by atoms with van der Waals surface area (Å²) >= 11 is 0. The van der Waals surface area contributed by atoms with E-state index in [-0.39, 0.29) is 5.91 Å². The van der Waals surface area contributed by atoms with Crippen molar-refractivity contribution in [3.8, 4) is 5.88 Å². The molecule has 0 bridgehead atoms. The van der Waals surface area contributed by atoms with Gasteiger partial charge in [-0.3, -0.25) is 9.69 Å². The molecular weight excluding hydrogens is 378 g/mol. The lowest BCUT2D eigenvalue weighted by Crippen LogP contribution is -2.51. The minimum Gasteiger partial charge on any atom is -0.474 e. The molecule has 160 valence electrons. The molecule has 30 heavy (non-hydrogen) atoms. The highest BCUT2D eigenvalue weighted by Crippen LogP contribution is 2.31. The van der Waals surface area contributed by atoms with Crippen LogP contribution in [0.2, 0.25) is 0 Å². The Balaban J connectivity index is 1.24. The van der Waals surface area contributed by atoms with E-state index < -0.39 is 0 Å². The van der Waals surface area contributed by atoms with E-state index in [0.29, 0.717) is 12.1 Å². The standard InChI is InChI=1S/C23H31N5O2/c1-17(29)28-9-3-4-19(28)15-26-10-12-27(13-11-26)18-7-8-22-21(14-18)23(25-16-24-22)30-20-5-2-6-20/h7-8,14,16,19-20H,2-6,9-13,15H2,1H3. The number of hydrogen-bond acceptors (Lipinski definition) is 6. The second kappa shape index (κ2) is 8.38. The SMILES string of the molecule is CC(=O)N1CCCC1CN1CCN(c2ccc3ncnc(OC4CCC4)c3c2)CC1. The van der Waals surface area contributed by atoms with Gasteiger partial charge in [-0.15, -0.1) is 0 Å². The molecule has 1 aromatic heterocycles. The van der Waals surface area contributed by atoms with Crippen LogP contribution in [0.4, 0.5) is 5.69 Å². The molecule has 1 aromatic carbocycles. The number of piperazine rings is 1. The third-order valence-corrected chi connectivity index (χ3v) is 6.90. The molecular formula is C23H31N5O2. The van der Waals surface area contributed by atoms with E-state index in [1.165, 1.54) is 12.1 Å². The van der Waals surface area contributed by atoms with Crippen LogP contribution in [0.5, 0.6) is 5.88 Å². The van der Waals surface area contributed by atoms with Gasteiger partial charge in [0.2, 0.25) is 11.8 Å². The van der Waals surface area contributed by atoms with E-state index >= 15 is 0 Å². The molecule has 1 saturated carbocycles. The first-order valence-corrected chi connectivity index (χ1v) is 11.3. The second-order valence-corrected chi connectivity index (χ2v) is 8.85. The number of rotatable bonds is 5. The Morgan fingerprint density at radius 1 is 1.07 bits per heavy atom. The molecule has 5 rings (SSSR count). The third-order valence-electron chi connectivity index (χ3n) is 6.90. The topological polar surface area (TPSA) is 61.8 Å². The Morgan fingerprint density at radius 2 is 1.90 bits per heavy atom. The van der Waals surface area contributed by atoms with Gasteiger partial charge in [0, 0.05) is 57.9 Å². The van der Waals surface area contributed by atoms with Gasteiger partial charge in [-0.25, -0.2) is 9.97 Å². The van der Waals surface area contributed by atoms with Crippen LogP contribution >= 0.6 is 0 Å². The van der Waals surface area contributed by atoms with Crippen LogP contribution in [-0.2, 0) is 4.79 Å². The molecule has 7 nitrogen and oxygen atoms in total. The number of carbonyl (C=O) groups is 1. The lowest BCUT2D eigenvalue weighted by molar-refractivity contribution is -0.129. The molecule has 2 saturated heterocycles. The Bertz CT molecular complexity index is 908. The number of nitrogens with zero attached hydrogens (tertiary/aromatic N) is 5. The molecule has 3 fully saturated rings. The highest BCUT2D eigenvalue weighted by molar-refractivity contribution is 5.86. The van der Waals surface area contributed by atoms with E-state index in [0.717, 1.165) is 81.7 Å². The Hall–Kier alpha value is -2.41. The van der Waals surface area contributed by atoms with E-state index in [1.807, 2.05) is 0 Å².